The van der Waals surface area contributed by atoms with Crippen molar-refractivity contribution in [1.29, 1.82) is 0 Å². The number of carbonyl (C=O) groups is 3. The molecule has 4 aliphatic rings. The number of fused-ring (bicyclic) bond motifs is 1. The van der Waals surface area contributed by atoms with Crippen LogP contribution >= 0.6 is 23.2 Å². The molecule has 2 bridgehead atoms. The first-order chi connectivity index (χ1) is 22.1. The summed E-state index contributed by atoms with van der Waals surface area (Å²) in [6.07, 6.45) is 2.88. The number of nitrogens with zero attached hydrogens (tertiary/aromatic N) is 7. The fraction of sp³-hybridized carbons (Fsp3) is 0.438. The Bertz CT molecular complexity index is 1740. The Kier molecular flexibility index (Phi) is 7.77. The molecule has 4 aliphatic heterocycles. The van der Waals surface area contributed by atoms with Crippen molar-refractivity contribution in [3.8, 4) is 5.69 Å². The Morgan fingerprint density at radius 3 is 2.50 bits per heavy atom. The zero-order valence-electron chi connectivity index (χ0n) is 25.6. The predicted octanol–water partition coefficient (Wildman–Crippen LogP) is 3.76. The second-order valence-corrected chi connectivity index (χ2v) is 13.0. The minimum absolute atomic E-state index is 0.165. The van der Waals surface area contributed by atoms with Gasteiger partial charge in [-0.05, 0) is 54.5 Å². The molecule has 5 heterocycles. The molecule has 0 N–H and O–H groups in total. The van der Waals surface area contributed by atoms with Gasteiger partial charge in [-0.15, -0.1) is 5.10 Å². The number of hydrogen-bond acceptors (Lipinski definition) is 8. The molecule has 14 heteroatoms. The molecule has 3 saturated heterocycles. The number of benzene rings is 2. The molecule has 240 valence electrons. The molecule has 1 spiro atoms. The molecule has 0 radical (unpaired) electrons. The summed E-state index contributed by atoms with van der Waals surface area (Å²) in [5, 5.41) is 13.6. The first-order valence-corrected chi connectivity index (χ1v) is 16.1. The molecule has 7 rings (SSSR count). The van der Waals surface area contributed by atoms with E-state index in [0.717, 1.165) is 16.8 Å². The van der Waals surface area contributed by atoms with E-state index >= 15 is 0 Å². The Hall–Kier alpha value is -4.00. The Morgan fingerprint density at radius 1 is 1.09 bits per heavy atom. The van der Waals surface area contributed by atoms with Crippen LogP contribution < -0.4 is 0 Å². The first kappa shape index (κ1) is 30.6. The largest absolute Gasteiger partial charge is 0.450 e. The molecule has 3 aromatic rings. The van der Waals surface area contributed by atoms with Gasteiger partial charge in [-0.2, -0.15) is 4.68 Å². The van der Waals surface area contributed by atoms with Gasteiger partial charge in [-0.25, -0.2) is 4.79 Å². The Labute approximate surface area is 275 Å². The van der Waals surface area contributed by atoms with Gasteiger partial charge >= 0.3 is 6.09 Å². The van der Waals surface area contributed by atoms with E-state index in [-0.39, 0.29) is 25.0 Å². The average Bonchev–Trinajstić information content (AvgIpc) is 3.80. The van der Waals surface area contributed by atoms with Crippen LogP contribution in [-0.4, -0.2) is 104 Å². The molecule has 3 fully saturated rings. The topological polar surface area (TPSA) is 123 Å². The van der Waals surface area contributed by atoms with Gasteiger partial charge in [0.05, 0.1) is 36.8 Å². The van der Waals surface area contributed by atoms with Crippen LogP contribution in [0.3, 0.4) is 0 Å². The lowest BCUT2D eigenvalue weighted by atomic mass is 9.76. The van der Waals surface area contributed by atoms with Crippen molar-refractivity contribution < 1.29 is 23.9 Å². The smallest absolute Gasteiger partial charge is 0.409 e. The van der Waals surface area contributed by atoms with Crippen molar-refractivity contribution >= 4 is 41.1 Å². The van der Waals surface area contributed by atoms with Gasteiger partial charge < -0.3 is 24.2 Å². The number of hydrogen-bond donors (Lipinski definition) is 0. The predicted molar refractivity (Wildman–Crippen MR) is 168 cm³/mol. The third-order valence-corrected chi connectivity index (χ3v) is 10.1. The van der Waals surface area contributed by atoms with Crippen molar-refractivity contribution in [2.75, 3.05) is 39.3 Å². The number of rotatable bonds is 6. The highest BCUT2D eigenvalue weighted by Crippen LogP contribution is 2.54. The van der Waals surface area contributed by atoms with Gasteiger partial charge in [0.25, 0.3) is 0 Å². The lowest BCUT2D eigenvalue weighted by molar-refractivity contribution is -0.144. The number of aryl methyl sites for hydroxylation is 2. The van der Waals surface area contributed by atoms with Gasteiger partial charge in [0.1, 0.15) is 11.6 Å². The average molecular weight is 667 g/mol. The van der Waals surface area contributed by atoms with Crippen LogP contribution in [0.15, 0.2) is 48.6 Å². The second kappa shape index (κ2) is 11.7. The van der Waals surface area contributed by atoms with Crippen LogP contribution in [0, 0.1) is 25.7 Å². The van der Waals surface area contributed by atoms with E-state index in [4.69, 9.17) is 32.7 Å². The van der Waals surface area contributed by atoms with Gasteiger partial charge in [0.2, 0.25) is 11.8 Å². The molecule has 3 amide bonds. The van der Waals surface area contributed by atoms with Gasteiger partial charge in [0, 0.05) is 41.8 Å². The fourth-order valence-electron chi connectivity index (χ4n) is 7.40. The maximum absolute atomic E-state index is 14.7. The second-order valence-electron chi connectivity index (χ2n) is 12.1. The highest BCUT2D eigenvalue weighted by atomic mass is 35.5. The number of piperazine rings is 1. The van der Waals surface area contributed by atoms with Crippen LogP contribution in [0.4, 0.5) is 4.79 Å². The van der Waals surface area contributed by atoms with E-state index in [1.165, 1.54) is 0 Å². The van der Waals surface area contributed by atoms with Crippen LogP contribution in [0.1, 0.15) is 35.5 Å². The van der Waals surface area contributed by atoms with Crippen molar-refractivity contribution in [3.05, 3.63) is 81.1 Å². The zero-order chi connectivity index (χ0) is 32.3. The third-order valence-electron chi connectivity index (χ3n) is 9.49. The molecule has 46 heavy (non-hydrogen) atoms. The number of likely N-dealkylation sites (tertiary alicyclic amines) is 1. The summed E-state index contributed by atoms with van der Waals surface area (Å²) in [7, 11) is 0. The van der Waals surface area contributed by atoms with Gasteiger partial charge in [0.15, 0.2) is 5.82 Å². The van der Waals surface area contributed by atoms with E-state index < -0.39 is 35.7 Å². The highest BCUT2D eigenvalue weighted by Gasteiger charge is 2.68. The lowest BCUT2D eigenvalue weighted by Crippen LogP contribution is -2.54. The maximum Gasteiger partial charge on any atom is 0.409 e. The van der Waals surface area contributed by atoms with E-state index in [1.54, 1.807) is 44.5 Å². The van der Waals surface area contributed by atoms with E-state index in [0.29, 0.717) is 47.6 Å². The molecule has 0 aliphatic carbocycles. The van der Waals surface area contributed by atoms with E-state index in [1.807, 2.05) is 44.2 Å². The summed E-state index contributed by atoms with van der Waals surface area (Å²) in [5.41, 5.74) is 2.31. The van der Waals surface area contributed by atoms with Crippen molar-refractivity contribution in [1.82, 2.24) is 34.9 Å². The number of carbonyl (C=O) groups excluding carboxylic acids is 3. The molecule has 5 atom stereocenters. The van der Waals surface area contributed by atoms with E-state index in [2.05, 4.69) is 15.5 Å². The quantitative estimate of drug-likeness (QED) is 0.365. The minimum atomic E-state index is -0.997. The first-order valence-electron chi connectivity index (χ1n) is 15.3. The monoisotopic (exact) mass is 665 g/mol. The van der Waals surface area contributed by atoms with Crippen LogP contribution in [-0.2, 0) is 19.1 Å². The third kappa shape index (κ3) is 4.85. The molecule has 0 unspecified atom stereocenters. The van der Waals surface area contributed by atoms with Crippen LogP contribution in [0.2, 0.25) is 10.0 Å². The van der Waals surface area contributed by atoms with Crippen molar-refractivity contribution in [2.24, 2.45) is 11.8 Å². The number of amides is 3. The summed E-state index contributed by atoms with van der Waals surface area (Å²) < 4.78 is 13.3. The number of halogens is 2. The standard InChI is InChI=1S/C32H33Cl2N7O5/c1-4-45-31(44)39-14-12-38(13-15-39)29(42)24-23-10-11-32(46-23)17-40(30(43)25(24)32)27(21-9-8-20(33)16-22(21)34)28-35-36-37-41(28)26-18(2)6-5-7-19(26)3/h5-11,16,23-25,27H,4,12-15,17H2,1-3H3/t23-,24-,25-,27+,32+/m1/s1. The van der Waals surface area contributed by atoms with Crippen molar-refractivity contribution in [3.63, 3.8) is 0 Å². The highest BCUT2D eigenvalue weighted by molar-refractivity contribution is 6.35. The normalized spacial score (nSPS) is 25.7. The van der Waals surface area contributed by atoms with Crippen LogP contribution in [0.5, 0.6) is 0 Å². The number of aromatic nitrogens is 4. The summed E-state index contributed by atoms with van der Waals surface area (Å²) in [6.45, 7) is 7.56. The SMILES string of the molecule is CCOC(=O)N1CCN(C(=O)[C@@H]2[C@H]3C=C[C@@]4(CN([C@@H](c5ccc(Cl)cc5Cl)c5nnnn5-c5c(C)cccc5C)C(=O)[C@@H]24)O3)CC1. The molecule has 0 saturated carbocycles. The number of ether oxygens (including phenoxy) is 2. The van der Waals surface area contributed by atoms with Gasteiger partial charge in [-0.1, -0.05) is 59.6 Å². The summed E-state index contributed by atoms with van der Waals surface area (Å²) in [5.74, 6) is -1.49. The molecule has 1 aromatic heterocycles. The van der Waals surface area contributed by atoms with Crippen LogP contribution in [0.25, 0.3) is 5.69 Å². The van der Waals surface area contributed by atoms with Crippen molar-refractivity contribution in [2.45, 2.75) is 38.5 Å². The molecular formula is C32H33Cl2N7O5. The number of tetrazole rings is 1. The summed E-state index contributed by atoms with van der Waals surface area (Å²) in [6, 6.07) is 10.2. The molecule has 12 nitrogen and oxygen atoms in total. The van der Waals surface area contributed by atoms with E-state index in [9.17, 15) is 14.4 Å². The number of para-hydroxylation sites is 1. The Morgan fingerprint density at radius 2 is 1.80 bits per heavy atom. The Balaban J connectivity index is 1.24. The fourth-order valence-corrected chi connectivity index (χ4v) is 7.91. The molecular weight excluding hydrogens is 633 g/mol. The summed E-state index contributed by atoms with van der Waals surface area (Å²) in [4.78, 5) is 46.0. The van der Waals surface area contributed by atoms with Gasteiger partial charge in [-0.3, -0.25) is 9.59 Å². The zero-order valence-corrected chi connectivity index (χ0v) is 27.1. The summed E-state index contributed by atoms with van der Waals surface area (Å²) >= 11 is 13.1. The minimum Gasteiger partial charge on any atom is -0.450 e. The maximum atomic E-state index is 14.7. The molecule has 2 aromatic carbocycles. The lowest BCUT2D eigenvalue weighted by Gasteiger charge is -2.37.